The molecule has 4 aromatic carbocycles. The molecule has 0 aliphatic rings. The number of fused-ring (bicyclic) bond motifs is 1. The number of aliphatic imine (C=N–C) groups is 1. The van der Waals surface area contributed by atoms with Crippen molar-refractivity contribution in [2.45, 2.75) is 6.42 Å². The molecular formula is C27H21N5O. The molecule has 0 radical (unpaired) electrons. The molecule has 160 valence electrons. The number of rotatable bonds is 7. The molecule has 0 spiro atoms. The molecule has 0 unspecified atom stereocenters. The Morgan fingerprint density at radius 3 is 2.55 bits per heavy atom. The molecule has 1 amide bonds. The topological polar surface area (TPSA) is 72.2 Å². The molecule has 1 aromatic heterocycles. The van der Waals surface area contributed by atoms with Crippen molar-refractivity contribution < 1.29 is 4.79 Å². The SMILES string of the molecule is O=CNc1ccccc1N=C(Cc1ccccc1)c1cccc(-n2nnc3ccccc32)c1. The molecule has 0 bridgehead atoms. The molecule has 1 heterocycles. The maximum Gasteiger partial charge on any atom is 0.211 e. The third-order valence-electron chi connectivity index (χ3n) is 5.36. The zero-order valence-electron chi connectivity index (χ0n) is 17.8. The van der Waals surface area contributed by atoms with Crippen molar-refractivity contribution >= 4 is 34.5 Å². The van der Waals surface area contributed by atoms with Crippen LogP contribution < -0.4 is 5.32 Å². The van der Waals surface area contributed by atoms with Crippen molar-refractivity contribution in [3.63, 3.8) is 0 Å². The summed E-state index contributed by atoms with van der Waals surface area (Å²) in [5, 5.41) is 11.4. The van der Waals surface area contributed by atoms with Crippen LogP contribution in [-0.4, -0.2) is 27.1 Å². The molecular weight excluding hydrogens is 410 g/mol. The predicted molar refractivity (Wildman–Crippen MR) is 131 cm³/mol. The maximum atomic E-state index is 11.1. The highest BCUT2D eigenvalue weighted by molar-refractivity contribution is 6.04. The molecule has 0 aliphatic heterocycles. The summed E-state index contributed by atoms with van der Waals surface area (Å²) >= 11 is 0. The number of nitrogens with zero attached hydrogens (tertiary/aromatic N) is 4. The summed E-state index contributed by atoms with van der Waals surface area (Å²) in [4.78, 5) is 16.1. The second-order valence-electron chi connectivity index (χ2n) is 7.54. The van der Waals surface area contributed by atoms with Crippen LogP contribution in [-0.2, 0) is 11.2 Å². The summed E-state index contributed by atoms with van der Waals surface area (Å²) in [5.41, 5.74) is 7.05. The molecule has 0 fully saturated rings. The van der Waals surface area contributed by atoms with E-state index in [-0.39, 0.29) is 0 Å². The lowest BCUT2D eigenvalue weighted by molar-refractivity contribution is -0.105. The van der Waals surface area contributed by atoms with E-state index in [1.165, 1.54) is 0 Å². The fourth-order valence-corrected chi connectivity index (χ4v) is 3.77. The number of hydrogen-bond acceptors (Lipinski definition) is 4. The first kappa shape index (κ1) is 20.3. The Labute approximate surface area is 191 Å². The highest BCUT2D eigenvalue weighted by Gasteiger charge is 2.11. The molecule has 5 aromatic rings. The van der Waals surface area contributed by atoms with Gasteiger partial charge in [-0.3, -0.25) is 9.79 Å². The van der Waals surface area contributed by atoms with Gasteiger partial charge in [0.1, 0.15) is 5.52 Å². The summed E-state index contributed by atoms with van der Waals surface area (Å²) in [6.45, 7) is 0. The van der Waals surface area contributed by atoms with E-state index in [0.29, 0.717) is 24.2 Å². The van der Waals surface area contributed by atoms with Gasteiger partial charge in [0.25, 0.3) is 0 Å². The standard InChI is InChI=1S/C27H21N5O/c33-19-28-23-13-4-5-14-24(23)29-26(17-20-9-2-1-3-10-20)21-11-8-12-22(18-21)32-27-16-7-6-15-25(27)30-31-32/h1-16,18-19H,17H2,(H,28,33). The largest absolute Gasteiger partial charge is 0.327 e. The van der Waals surface area contributed by atoms with E-state index in [0.717, 1.165) is 33.6 Å². The molecule has 5 rings (SSSR count). The van der Waals surface area contributed by atoms with Crippen molar-refractivity contribution in [1.82, 2.24) is 15.0 Å². The molecule has 1 N–H and O–H groups in total. The Morgan fingerprint density at radius 1 is 0.879 bits per heavy atom. The minimum atomic E-state index is 0.637. The first-order chi connectivity index (χ1) is 16.3. The first-order valence-corrected chi connectivity index (χ1v) is 10.6. The number of carbonyl (C=O) groups excluding carboxylic acids is 1. The van der Waals surface area contributed by atoms with Crippen LogP contribution in [0.4, 0.5) is 11.4 Å². The van der Waals surface area contributed by atoms with Crippen LogP contribution in [0.15, 0.2) is 108 Å². The van der Waals surface area contributed by atoms with Gasteiger partial charge in [-0.25, -0.2) is 4.68 Å². The Balaban J connectivity index is 1.61. The van der Waals surface area contributed by atoms with Crippen molar-refractivity contribution in [3.05, 3.63) is 114 Å². The second kappa shape index (κ2) is 9.28. The lowest BCUT2D eigenvalue weighted by Crippen LogP contribution is -2.07. The van der Waals surface area contributed by atoms with Gasteiger partial charge in [-0.2, -0.15) is 0 Å². The fourth-order valence-electron chi connectivity index (χ4n) is 3.77. The van der Waals surface area contributed by atoms with Crippen LogP contribution in [0, 0.1) is 0 Å². The van der Waals surface area contributed by atoms with Gasteiger partial charge in [-0.05, 0) is 47.5 Å². The average Bonchev–Trinajstić information content (AvgIpc) is 3.30. The lowest BCUT2D eigenvalue weighted by Gasteiger charge is -2.12. The summed E-state index contributed by atoms with van der Waals surface area (Å²) in [5.74, 6) is 0. The van der Waals surface area contributed by atoms with Crippen molar-refractivity contribution in [3.8, 4) is 5.69 Å². The molecule has 33 heavy (non-hydrogen) atoms. The van der Waals surface area contributed by atoms with E-state index in [2.05, 4.69) is 33.8 Å². The number of amides is 1. The number of carbonyl (C=O) groups is 1. The quantitative estimate of drug-likeness (QED) is 0.279. The van der Waals surface area contributed by atoms with E-state index in [1.807, 2.05) is 89.6 Å². The van der Waals surface area contributed by atoms with E-state index in [1.54, 1.807) is 0 Å². The summed E-state index contributed by atoms with van der Waals surface area (Å²) in [6, 6.07) is 33.7. The van der Waals surface area contributed by atoms with Gasteiger partial charge in [0, 0.05) is 6.42 Å². The minimum absolute atomic E-state index is 0.637. The lowest BCUT2D eigenvalue weighted by atomic mass is 10.0. The van der Waals surface area contributed by atoms with Crippen LogP contribution in [0.1, 0.15) is 11.1 Å². The monoisotopic (exact) mass is 431 g/mol. The number of aromatic nitrogens is 3. The van der Waals surface area contributed by atoms with Crippen LogP contribution >= 0.6 is 0 Å². The highest BCUT2D eigenvalue weighted by atomic mass is 16.1. The van der Waals surface area contributed by atoms with Gasteiger partial charge in [-0.15, -0.1) is 5.10 Å². The summed E-state index contributed by atoms with van der Waals surface area (Å²) in [6.07, 6.45) is 1.31. The third-order valence-corrected chi connectivity index (χ3v) is 5.36. The fraction of sp³-hybridized carbons (Fsp3) is 0.0370. The van der Waals surface area contributed by atoms with Crippen LogP contribution in [0.2, 0.25) is 0 Å². The van der Waals surface area contributed by atoms with E-state index in [4.69, 9.17) is 4.99 Å². The third kappa shape index (κ3) is 4.41. The van der Waals surface area contributed by atoms with Gasteiger partial charge < -0.3 is 5.32 Å². The molecule has 0 aliphatic carbocycles. The number of para-hydroxylation sites is 3. The highest BCUT2D eigenvalue weighted by Crippen LogP contribution is 2.26. The molecule has 0 atom stereocenters. The maximum absolute atomic E-state index is 11.1. The zero-order chi connectivity index (χ0) is 22.5. The molecule has 0 saturated carbocycles. The number of nitrogens with one attached hydrogen (secondary N) is 1. The van der Waals surface area contributed by atoms with Gasteiger partial charge in [0.15, 0.2) is 0 Å². The second-order valence-corrected chi connectivity index (χ2v) is 7.54. The van der Waals surface area contributed by atoms with Crippen molar-refractivity contribution in [1.29, 1.82) is 0 Å². The van der Waals surface area contributed by atoms with Gasteiger partial charge in [0.2, 0.25) is 6.41 Å². The molecule has 0 saturated heterocycles. The number of anilines is 1. The van der Waals surface area contributed by atoms with Gasteiger partial charge in [-0.1, -0.05) is 71.9 Å². The first-order valence-electron chi connectivity index (χ1n) is 10.6. The van der Waals surface area contributed by atoms with Crippen LogP contribution in [0.3, 0.4) is 0 Å². The Hall–Kier alpha value is -4.58. The zero-order valence-corrected chi connectivity index (χ0v) is 17.8. The van der Waals surface area contributed by atoms with Crippen molar-refractivity contribution in [2.75, 3.05) is 5.32 Å². The normalized spacial score (nSPS) is 11.5. The van der Waals surface area contributed by atoms with E-state index >= 15 is 0 Å². The Bertz CT molecular complexity index is 1440. The van der Waals surface area contributed by atoms with Gasteiger partial charge >= 0.3 is 0 Å². The summed E-state index contributed by atoms with van der Waals surface area (Å²) in [7, 11) is 0. The summed E-state index contributed by atoms with van der Waals surface area (Å²) < 4.78 is 1.83. The molecule has 6 heteroatoms. The predicted octanol–water partition coefficient (Wildman–Crippen LogP) is 5.35. The smallest absolute Gasteiger partial charge is 0.211 e. The number of hydrogen-bond donors (Lipinski definition) is 1. The Kier molecular flexibility index (Phi) is 5.72. The average molecular weight is 431 g/mol. The minimum Gasteiger partial charge on any atom is -0.327 e. The van der Waals surface area contributed by atoms with Crippen LogP contribution in [0.25, 0.3) is 16.7 Å². The van der Waals surface area contributed by atoms with Crippen LogP contribution in [0.5, 0.6) is 0 Å². The van der Waals surface area contributed by atoms with E-state index in [9.17, 15) is 4.79 Å². The number of benzene rings is 4. The Morgan fingerprint density at radius 2 is 1.67 bits per heavy atom. The molecule has 6 nitrogen and oxygen atoms in total. The van der Waals surface area contributed by atoms with Crippen molar-refractivity contribution in [2.24, 2.45) is 4.99 Å². The van der Waals surface area contributed by atoms with Gasteiger partial charge in [0.05, 0.1) is 28.3 Å². The van der Waals surface area contributed by atoms with E-state index < -0.39 is 0 Å².